The minimum absolute atomic E-state index is 0.000108. The molecule has 282 valence electrons. The second kappa shape index (κ2) is 18.9. The molecule has 0 aliphatic carbocycles. The van der Waals surface area contributed by atoms with Crippen LogP contribution < -0.4 is 10.6 Å². The monoisotopic (exact) mass is 727 g/mol. The predicted octanol–water partition coefficient (Wildman–Crippen LogP) is 8.55. The molecule has 5 aromatic rings. The quantitative estimate of drug-likeness (QED) is 0.0882. The van der Waals surface area contributed by atoms with Crippen LogP contribution in [0.4, 0.5) is 0 Å². The van der Waals surface area contributed by atoms with E-state index in [0.717, 1.165) is 59.2 Å². The normalized spacial score (nSPS) is 17.7. The van der Waals surface area contributed by atoms with E-state index in [9.17, 15) is 14.7 Å². The summed E-state index contributed by atoms with van der Waals surface area (Å²) in [5, 5.41) is 18.0. The molecule has 0 bridgehead atoms. The number of carbonyl (C=O) groups excluding carboxylic acids is 2. The molecule has 0 spiro atoms. The summed E-state index contributed by atoms with van der Waals surface area (Å²) in [5.41, 5.74) is 7.25. The summed E-state index contributed by atoms with van der Waals surface area (Å²) in [6.07, 6.45) is 2.88. The molecule has 8 heteroatoms. The van der Waals surface area contributed by atoms with Gasteiger partial charge in [-0.15, -0.1) is 0 Å². The minimum atomic E-state index is -0.573. The average molecular weight is 728 g/mol. The van der Waals surface area contributed by atoms with Crippen LogP contribution >= 0.6 is 0 Å². The number of unbranched alkanes of at least 4 members (excludes halogenated alkanes) is 2. The van der Waals surface area contributed by atoms with Crippen molar-refractivity contribution in [2.24, 2.45) is 0 Å². The van der Waals surface area contributed by atoms with Crippen LogP contribution in [0.1, 0.15) is 92.2 Å². The van der Waals surface area contributed by atoms with E-state index in [1.54, 1.807) is 0 Å². The second-order valence-electron chi connectivity index (χ2n) is 14.5. The van der Waals surface area contributed by atoms with Gasteiger partial charge in [-0.2, -0.15) is 0 Å². The summed E-state index contributed by atoms with van der Waals surface area (Å²) in [6.45, 7) is 5.58. The van der Waals surface area contributed by atoms with Gasteiger partial charge in [0, 0.05) is 51.0 Å². The van der Waals surface area contributed by atoms with Crippen LogP contribution in [-0.2, 0) is 32.2 Å². The van der Waals surface area contributed by atoms with Gasteiger partial charge in [-0.3, -0.25) is 14.5 Å². The van der Waals surface area contributed by atoms with Crippen LogP contribution in [0, 0.1) is 0 Å². The molecule has 3 N–H and O–H groups in total. The van der Waals surface area contributed by atoms with Gasteiger partial charge >= 0.3 is 0 Å². The maximum Gasteiger partial charge on any atom is 0.220 e. The zero-order chi connectivity index (χ0) is 37.9. The summed E-state index contributed by atoms with van der Waals surface area (Å²) < 4.78 is 13.5. The highest BCUT2D eigenvalue weighted by atomic mass is 16.7. The van der Waals surface area contributed by atoms with Crippen molar-refractivity contribution in [3.8, 4) is 11.1 Å². The number of benzene rings is 5. The number of carbonyl (C=O) groups is 2. The summed E-state index contributed by atoms with van der Waals surface area (Å²) in [5.74, 6) is 0.00383. The largest absolute Gasteiger partial charge is 0.392 e. The standard InChI is InChI=1S/C46H53N3O5/c1-32(38-23-22-36-12-6-7-13-40(36)26-38)49(3)30-43-28-44(37-20-18-34(31-50)19-21-37)54-46(53-43)42-16-10-15-41(27-42)39-14-9-11-35(25-39)29-48-45(52)17-5-4-8-24-47-33(2)51/h6-7,9-16,18-23,25-27,32,43-44,46,50H,4-5,8,17,24,28-31H2,1-3H3,(H,47,51)(H,48,52). The van der Waals surface area contributed by atoms with Gasteiger partial charge in [0.25, 0.3) is 0 Å². The van der Waals surface area contributed by atoms with Crippen molar-refractivity contribution >= 4 is 22.6 Å². The van der Waals surface area contributed by atoms with Gasteiger partial charge in [0.2, 0.25) is 11.8 Å². The molecule has 0 radical (unpaired) electrons. The Morgan fingerprint density at radius 3 is 2.31 bits per heavy atom. The van der Waals surface area contributed by atoms with E-state index in [-0.39, 0.29) is 36.7 Å². The highest BCUT2D eigenvalue weighted by Gasteiger charge is 2.33. The Morgan fingerprint density at radius 2 is 1.54 bits per heavy atom. The van der Waals surface area contributed by atoms with Gasteiger partial charge in [0.1, 0.15) is 0 Å². The fraction of sp³-hybridized carbons (Fsp3) is 0.348. The molecule has 8 nitrogen and oxygen atoms in total. The smallest absolute Gasteiger partial charge is 0.220 e. The maximum atomic E-state index is 12.5. The zero-order valence-corrected chi connectivity index (χ0v) is 31.7. The molecule has 54 heavy (non-hydrogen) atoms. The Kier molecular flexibility index (Phi) is 13.6. The van der Waals surface area contributed by atoms with Crippen molar-refractivity contribution in [3.63, 3.8) is 0 Å². The zero-order valence-electron chi connectivity index (χ0n) is 31.7. The Morgan fingerprint density at radius 1 is 0.778 bits per heavy atom. The topological polar surface area (TPSA) is 100 Å². The van der Waals surface area contributed by atoms with Crippen molar-refractivity contribution in [2.45, 2.75) is 83.6 Å². The number of aliphatic hydroxyl groups excluding tert-OH is 1. The van der Waals surface area contributed by atoms with Crippen LogP contribution in [-0.4, -0.2) is 48.1 Å². The number of amides is 2. The highest BCUT2D eigenvalue weighted by molar-refractivity contribution is 5.83. The third-order valence-corrected chi connectivity index (χ3v) is 10.4. The third kappa shape index (κ3) is 10.6. The minimum Gasteiger partial charge on any atom is -0.392 e. The summed E-state index contributed by atoms with van der Waals surface area (Å²) in [6, 6.07) is 39.9. The van der Waals surface area contributed by atoms with Crippen LogP contribution in [0.3, 0.4) is 0 Å². The van der Waals surface area contributed by atoms with Crippen molar-refractivity contribution in [2.75, 3.05) is 20.1 Å². The van der Waals surface area contributed by atoms with E-state index in [1.165, 1.54) is 23.3 Å². The lowest BCUT2D eigenvalue weighted by atomic mass is 9.97. The molecule has 1 saturated heterocycles. The SMILES string of the molecule is CC(=O)NCCCCCC(=O)NCc1cccc(-c2cccc(C3OC(CN(C)C(C)c4ccc5ccccc5c4)CC(c4ccc(CO)cc4)O3)c2)c1. The van der Waals surface area contributed by atoms with Gasteiger partial charge in [-0.25, -0.2) is 0 Å². The number of hydrogen-bond donors (Lipinski definition) is 3. The van der Waals surface area contributed by atoms with E-state index < -0.39 is 6.29 Å². The molecule has 0 saturated carbocycles. The lowest BCUT2D eigenvalue weighted by Crippen LogP contribution is -2.38. The maximum absolute atomic E-state index is 12.5. The van der Waals surface area contributed by atoms with E-state index in [1.807, 2.05) is 42.5 Å². The van der Waals surface area contributed by atoms with Gasteiger partial charge in [0.05, 0.1) is 18.8 Å². The Balaban J connectivity index is 1.13. The number of rotatable bonds is 16. The molecular weight excluding hydrogens is 675 g/mol. The van der Waals surface area contributed by atoms with Crippen molar-refractivity contribution < 1.29 is 24.2 Å². The molecule has 1 heterocycles. The number of fused-ring (bicyclic) bond motifs is 1. The predicted molar refractivity (Wildman–Crippen MR) is 214 cm³/mol. The van der Waals surface area contributed by atoms with Crippen molar-refractivity contribution in [1.29, 1.82) is 0 Å². The molecule has 0 aromatic heterocycles. The first kappa shape index (κ1) is 38.9. The van der Waals surface area contributed by atoms with Gasteiger partial charge in [-0.05, 0) is 89.2 Å². The average Bonchev–Trinajstić information content (AvgIpc) is 3.20. The molecule has 1 aliphatic heterocycles. The van der Waals surface area contributed by atoms with Crippen LogP contribution in [0.25, 0.3) is 21.9 Å². The van der Waals surface area contributed by atoms with Gasteiger partial charge < -0.3 is 25.2 Å². The lowest BCUT2D eigenvalue weighted by molar-refractivity contribution is -0.253. The second-order valence-corrected chi connectivity index (χ2v) is 14.5. The lowest BCUT2D eigenvalue weighted by Gasteiger charge is -2.39. The first-order chi connectivity index (χ1) is 26.2. The number of likely N-dealkylation sites (N-methyl/N-ethyl adjacent to an activating group) is 1. The fourth-order valence-electron chi connectivity index (χ4n) is 7.10. The first-order valence-electron chi connectivity index (χ1n) is 19.2. The van der Waals surface area contributed by atoms with Crippen LogP contribution in [0.2, 0.25) is 0 Å². The molecule has 4 atom stereocenters. The highest BCUT2D eigenvalue weighted by Crippen LogP contribution is 2.39. The third-order valence-electron chi connectivity index (χ3n) is 10.4. The van der Waals surface area contributed by atoms with E-state index >= 15 is 0 Å². The fourth-order valence-corrected chi connectivity index (χ4v) is 7.10. The molecule has 2 amide bonds. The molecule has 1 fully saturated rings. The van der Waals surface area contributed by atoms with Gasteiger partial charge in [-0.1, -0.05) is 103 Å². The van der Waals surface area contributed by atoms with E-state index in [4.69, 9.17) is 9.47 Å². The Hall–Kier alpha value is -4.86. The number of aliphatic hydroxyl groups is 1. The van der Waals surface area contributed by atoms with E-state index in [0.29, 0.717) is 25.9 Å². The summed E-state index contributed by atoms with van der Waals surface area (Å²) in [7, 11) is 2.16. The number of ether oxygens (including phenoxy) is 2. The Labute approximate surface area is 319 Å². The number of hydrogen-bond acceptors (Lipinski definition) is 6. The first-order valence-corrected chi connectivity index (χ1v) is 19.2. The van der Waals surface area contributed by atoms with Crippen molar-refractivity contribution in [1.82, 2.24) is 15.5 Å². The number of nitrogens with zero attached hydrogens (tertiary/aromatic N) is 1. The molecule has 5 aromatic carbocycles. The summed E-state index contributed by atoms with van der Waals surface area (Å²) >= 11 is 0. The van der Waals surface area contributed by atoms with Gasteiger partial charge in [0.15, 0.2) is 6.29 Å². The molecular formula is C46H53N3O5. The summed E-state index contributed by atoms with van der Waals surface area (Å²) in [4.78, 5) is 25.9. The molecule has 4 unspecified atom stereocenters. The van der Waals surface area contributed by atoms with E-state index in [2.05, 4.69) is 102 Å². The Bertz CT molecular complexity index is 2000. The molecule has 6 rings (SSSR count). The van der Waals surface area contributed by atoms with Crippen LogP contribution in [0.15, 0.2) is 115 Å². The van der Waals surface area contributed by atoms with Crippen LogP contribution in [0.5, 0.6) is 0 Å². The number of nitrogens with one attached hydrogen (secondary N) is 2. The molecule has 1 aliphatic rings. The van der Waals surface area contributed by atoms with Crippen molar-refractivity contribution in [3.05, 3.63) is 143 Å².